The number of halogens is 1. The monoisotopic (exact) mass is 418 g/mol. The lowest BCUT2D eigenvalue weighted by Crippen LogP contribution is -2.30. The van der Waals surface area contributed by atoms with Crippen LogP contribution in [0.4, 0.5) is 10.1 Å². The Labute approximate surface area is 185 Å². The zero-order valence-electron chi connectivity index (χ0n) is 18.6. The summed E-state index contributed by atoms with van der Waals surface area (Å²) in [7, 11) is 0. The van der Waals surface area contributed by atoms with Crippen LogP contribution < -0.4 is 4.90 Å². The second-order valence-electron chi connectivity index (χ2n) is 8.35. The minimum Gasteiger partial charge on any atom is -0.308 e. The minimum absolute atomic E-state index is 0.0418. The molecule has 1 heterocycles. The third kappa shape index (κ3) is 6.24. The second kappa shape index (κ2) is 10.9. The molecule has 31 heavy (non-hydrogen) atoms. The molecular weight excluding hydrogens is 387 g/mol. The summed E-state index contributed by atoms with van der Waals surface area (Å²) < 4.78 is 13.4. The predicted molar refractivity (Wildman–Crippen MR) is 124 cm³/mol. The van der Waals surface area contributed by atoms with Crippen molar-refractivity contribution >= 4 is 11.6 Å². The number of benzene rings is 2. The molecule has 3 nitrogen and oxygen atoms in total. The lowest BCUT2D eigenvalue weighted by atomic mass is 9.92. The van der Waals surface area contributed by atoms with E-state index in [9.17, 15) is 9.18 Å². The van der Waals surface area contributed by atoms with Crippen molar-refractivity contribution in [3.05, 3.63) is 95.6 Å². The molecule has 0 fully saturated rings. The molecule has 0 bridgehead atoms. The van der Waals surface area contributed by atoms with Crippen molar-refractivity contribution < 1.29 is 9.18 Å². The molecular formula is C27H31FN2O. The summed E-state index contributed by atoms with van der Waals surface area (Å²) in [5, 5.41) is 0. The number of amides is 1. The average molecular weight is 419 g/mol. The van der Waals surface area contributed by atoms with Gasteiger partial charge in [0.25, 0.3) is 0 Å². The lowest BCUT2D eigenvalue weighted by molar-refractivity contribution is -0.119. The third-order valence-electron chi connectivity index (χ3n) is 5.53. The molecule has 4 heteroatoms. The van der Waals surface area contributed by atoms with Crippen LogP contribution >= 0.6 is 0 Å². The van der Waals surface area contributed by atoms with Crippen LogP contribution in [0.3, 0.4) is 0 Å². The van der Waals surface area contributed by atoms with Crippen molar-refractivity contribution in [3.63, 3.8) is 0 Å². The standard InChI is InChI=1S/C27H31FN2O/c1-4-25(22-8-6-5-7-9-22)26-16-11-21(18-29-26)19-30(27(31)17-10-20(2)3)24-14-12-23(28)13-15-24/h5-9,11-16,18,20,25H,4,10,17,19H2,1-3H3. The van der Waals surface area contributed by atoms with Crippen molar-refractivity contribution in [1.82, 2.24) is 4.98 Å². The molecule has 2 aromatic carbocycles. The van der Waals surface area contributed by atoms with Crippen LogP contribution in [0.1, 0.15) is 62.8 Å². The molecule has 0 aliphatic heterocycles. The molecule has 1 amide bonds. The van der Waals surface area contributed by atoms with Crippen LogP contribution in [-0.2, 0) is 11.3 Å². The Morgan fingerprint density at radius 2 is 1.71 bits per heavy atom. The molecule has 3 aromatic rings. The molecule has 3 rings (SSSR count). The highest BCUT2D eigenvalue weighted by Crippen LogP contribution is 2.27. The van der Waals surface area contributed by atoms with Crippen LogP contribution in [0, 0.1) is 11.7 Å². The summed E-state index contributed by atoms with van der Waals surface area (Å²) in [6.07, 6.45) is 4.11. The van der Waals surface area contributed by atoms with Crippen molar-refractivity contribution in [3.8, 4) is 0 Å². The summed E-state index contributed by atoms with van der Waals surface area (Å²) in [5.41, 5.74) is 3.93. The third-order valence-corrected chi connectivity index (χ3v) is 5.53. The molecule has 162 valence electrons. The molecule has 0 aliphatic carbocycles. The number of anilines is 1. The Kier molecular flexibility index (Phi) is 7.94. The molecule has 0 spiro atoms. The highest BCUT2D eigenvalue weighted by molar-refractivity contribution is 5.93. The fourth-order valence-electron chi connectivity index (χ4n) is 3.71. The first-order chi connectivity index (χ1) is 15.0. The zero-order valence-corrected chi connectivity index (χ0v) is 18.6. The van der Waals surface area contributed by atoms with Crippen molar-refractivity contribution in [2.24, 2.45) is 5.92 Å². The maximum Gasteiger partial charge on any atom is 0.227 e. The Morgan fingerprint density at radius 3 is 2.29 bits per heavy atom. The van der Waals surface area contributed by atoms with Crippen LogP contribution in [-0.4, -0.2) is 10.9 Å². The Balaban J connectivity index is 1.80. The first-order valence-electron chi connectivity index (χ1n) is 11.0. The van der Waals surface area contributed by atoms with Gasteiger partial charge in [-0.1, -0.05) is 57.2 Å². The summed E-state index contributed by atoms with van der Waals surface area (Å²) in [4.78, 5) is 19.4. The predicted octanol–water partition coefficient (Wildman–Crippen LogP) is 6.73. The normalized spacial score (nSPS) is 12.0. The van der Waals surface area contributed by atoms with Crippen LogP contribution in [0.2, 0.25) is 0 Å². The van der Waals surface area contributed by atoms with Gasteiger partial charge in [0.15, 0.2) is 0 Å². The smallest absolute Gasteiger partial charge is 0.227 e. The number of hydrogen-bond donors (Lipinski definition) is 0. The number of nitrogens with zero attached hydrogens (tertiary/aromatic N) is 2. The molecule has 1 atom stereocenters. The van der Waals surface area contributed by atoms with E-state index in [4.69, 9.17) is 4.98 Å². The van der Waals surface area contributed by atoms with E-state index in [1.54, 1.807) is 17.0 Å². The number of hydrogen-bond acceptors (Lipinski definition) is 2. The fraction of sp³-hybridized carbons (Fsp3) is 0.333. The van der Waals surface area contributed by atoms with E-state index < -0.39 is 0 Å². The summed E-state index contributed by atoms with van der Waals surface area (Å²) in [6, 6.07) is 20.6. The molecule has 1 unspecified atom stereocenters. The SMILES string of the molecule is CCC(c1ccccc1)c1ccc(CN(C(=O)CCC(C)C)c2ccc(F)cc2)cn1. The summed E-state index contributed by atoms with van der Waals surface area (Å²) >= 11 is 0. The van der Waals surface area contributed by atoms with Gasteiger partial charge in [0.1, 0.15) is 5.82 Å². The van der Waals surface area contributed by atoms with E-state index in [0.717, 1.165) is 24.1 Å². The fourth-order valence-corrected chi connectivity index (χ4v) is 3.71. The van der Waals surface area contributed by atoms with Gasteiger partial charge in [0.2, 0.25) is 5.91 Å². The van der Waals surface area contributed by atoms with Gasteiger partial charge in [-0.3, -0.25) is 9.78 Å². The van der Waals surface area contributed by atoms with Gasteiger partial charge < -0.3 is 4.90 Å². The van der Waals surface area contributed by atoms with E-state index in [0.29, 0.717) is 24.6 Å². The van der Waals surface area contributed by atoms with Gasteiger partial charge in [-0.15, -0.1) is 0 Å². The van der Waals surface area contributed by atoms with Gasteiger partial charge in [-0.2, -0.15) is 0 Å². The lowest BCUT2D eigenvalue weighted by Gasteiger charge is -2.24. The molecule has 0 saturated heterocycles. The maximum atomic E-state index is 13.4. The topological polar surface area (TPSA) is 33.2 Å². The van der Waals surface area contributed by atoms with Gasteiger partial charge in [0.05, 0.1) is 6.54 Å². The van der Waals surface area contributed by atoms with Gasteiger partial charge in [0, 0.05) is 29.9 Å². The first-order valence-corrected chi connectivity index (χ1v) is 11.0. The van der Waals surface area contributed by atoms with Crippen LogP contribution in [0.15, 0.2) is 72.9 Å². The van der Waals surface area contributed by atoms with Crippen LogP contribution in [0.5, 0.6) is 0 Å². The second-order valence-corrected chi connectivity index (χ2v) is 8.35. The largest absolute Gasteiger partial charge is 0.308 e. The quantitative estimate of drug-likeness (QED) is 0.386. The average Bonchev–Trinajstić information content (AvgIpc) is 2.79. The highest BCUT2D eigenvalue weighted by atomic mass is 19.1. The number of carbonyl (C=O) groups excluding carboxylic acids is 1. The van der Waals surface area contributed by atoms with Gasteiger partial charge in [-0.25, -0.2) is 4.39 Å². The van der Waals surface area contributed by atoms with E-state index in [-0.39, 0.29) is 17.6 Å². The van der Waals surface area contributed by atoms with Crippen molar-refractivity contribution in [2.75, 3.05) is 4.90 Å². The van der Waals surface area contributed by atoms with Crippen LogP contribution in [0.25, 0.3) is 0 Å². The molecule has 0 N–H and O–H groups in total. The van der Waals surface area contributed by atoms with E-state index >= 15 is 0 Å². The van der Waals surface area contributed by atoms with Gasteiger partial charge >= 0.3 is 0 Å². The Morgan fingerprint density at radius 1 is 1.00 bits per heavy atom. The maximum absolute atomic E-state index is 13.4. The number of aromatic nitrogens is 1. The first kappa shape index (κ1) is 22.7. The van der Waals surface area contributed by atoms with E-state index in [1.807, 2.05) is 18.3 Å². The minimum atomic E-state index is -0.309. The zero-order chi connectivity index (χ0) is 22.2. The van der Waals surface area contributed by atoms with E-state index in [2.05, 4.69) is 51.1 Å². The number of pyridine rings is 1. The molecule has 0 saturated carbocycles. The molecule has 0 aliphatic rings. The molecule has 1 aromatic heterocycles. The number of carbonyl (C=O) groups is 1. The Hall–Kier alpha value is -3.01. The highest BCUT2D eigenvalue weighted by Gasteiger charge is 2.18. The Bertz CT molecular complexity index is 953. The number of rotatable bonds is 9. The summed E-state index contributed by atoms with van der Waals surface area (Å²) in [6.45, 7) is 6.79. The van der Waals surface area contributed by atoms with Gasteiger partial charge in [-0.05, 0) is 60.2 Å². The van der Waals surface area contributed by atoms with E-state index in [1.165, 1.54) is 17.7 Å². The van der Waals surface area contributed by atoms with Crippen molar-refractivity contribution in [1.29, 1.82) is 0 Å². The summed E-state index contributed by atoms with van der Waals surface area (Å²) in [5.74, 6) is 0.427. The van der Waals surface area contributed by atoms with Crippen molar-refractivity contribution in [2.45, 2.75) is 52.5 Å². The molecule has 0 radical (unpaired) electrons.